The molecule has 4 aliphatic carbocycles. The molecule has 0 aliphatic heterocycles. The van der Waals surface area contributed by atoms with E-state index in [-0.39, 0.29) is 23.2 Å². The van der Waals surface area contributed by atoms with Gasteiger partial charge in [0.2, 0.25) is 0 Å². The van der Waals surface area contributed by atoms with Gasteiger partial charge in [-0.3, -0.25) is 9.59 Å². The van der Waals surface area contributed by atoms with E-state index in [1.165, 1.54) is 5.57 Å². The molecule has 0 saturated heterocycles. The van der Waals surface area contributed by atoms with E-state index in [0.29, 0.717) is 29.7 Å². The van der Waals surface area contributed by atoms with Gasteiger partial charge in [0.05, 0.1) is 5.71 Å². The Morgan fingerprint density at radius 1 is 1.05 bits per heavy atom. The molecule has 8 nitrogen and oxygen atoms in total. The van der Waals surface area contributed by atoms with E-state index in [2.05, 4.69) is 30.4 Å². The van der Waals surface area contributed by atoms with Crippen molar-refractivity contribution in [3.63, 3.8) is 0 Å². The fourth-order valence-corrected chi connectivity index (χ4v) is 8.55. The third-order valence-electron chi connectivity index (χ3n) is 10.8. The van der Waals surface area contributed by atoms with Crippen molar-refractivity contribution < 1.29 is 29.4 Å². The molecule has 1 aromatic carbocycles. The summed E-state index contributed by atoms with van der Waals surface area (Å²) in [4.78, 5) is 41.9. The van der Waals surface area contributed by atoms with Crippen molar-refractivity contribution >= 4 is 23.4 Å². The molecule has 7 atom stereocenters. The average molecular weight is 537 g/mol. The molecule has 3 fully saturated rings. The number of hydrogen-bond donors (Lipinski definition) is 3. The third kappa shape index (κ3) is 4.60. The lowest BCUT2D eigenvalue weighted by Gasteiger charge is -2.59. The molecule has 0 radical (unpaired) electrons. The highest BCUT2D eigenvalue weighted by Crippen LogP contribution is 2.67. The number of amides is 1. The highest BCUT2D eigenvalue weighted by atomic mass is 16.6. The molecule has 1 aromatic rings. The maximum Gasteiger partial charge on any atom is 0.330 e. The van der Waals surface area contributed by atoms with Gasteiger partial charge in [-0.05, 0) is 93.1 Å². The largest absolute Gasteiger partial charge is 0.479 e. The van der Waals surface area contributed by atoms with Crippen molar-refractivity contribution in [1.29, 1.82) is 0 Å². The zero-order valence-corrected chi connectivity index (χ0v) is 23.1. The van der Waals surface area contributed by atoms with Gasteiger partial charge in [-0.25, -0.2) is 4.79 Å². The van der Waals surface area contributed by atoms with Crippen LogP contribution in [-0.4, -0.2) is 45.8 Å². The number of nitrogens with one attached hydrogen (secondary N) is 1. The summed E-state index contributed by atoms with van der Waals surface area (Å²) >= 11 is 0. The van der Waals surface area contributed by atoms with Crippen LogP contribution >= 0.6 is 0 Å². The van der Waals surface area contributed by atoms with E-state index in [0.717, 1.165) is 50.7 Å². The summed E-state index contributed by atoms with van der Waals surface area (Å²) in [7, 11) is 0. The number of fused-ring (bicyclic) bond motifs is 5. The van der Waals surface area contributed by atoms with Crippen LogP contribution in [0.25, 0.3) is 0 Å². The Morgan fingerprint density at radius 2 is 1.77 bits per heavy atom. The Bertz CT molecular complexity index is 1210. The molecule has 0 unspecified atom stereocenters. The number of aliphatic hydroxyl groups is 1. The number of benzene rings is 1. The molecule has 4 aliphatic rings. The maximum atomic E-state index is 12.5. The van der Waals surface area contributed by atoms with Gasteiger partial charge in [0.1, 0.15) is 5.60 Å². The molecule has 0 bridgehead atoms. The monoisotopic (exact) mass is 536 g/mol. The van der Waals surface area contributed by atoms with Gasteiger partial charge in [0.15, 0.2) is 18.4 Å². The van der Waals surface area contributed by atoms with Crippen LogP contribution in [0.4, 0.5) is 0 Å². The number of carbonyl (C=O) groups is 3. The minimum atomic E-state index is -1.19. The topological polar surface area (TPSA) is 125 Å². The lowest BCUT2D eigenvalue weighted by molar-refractivity contribution is -0.159. The fraction of sp³-hybridized carbons (Fsp3) is 0.613. The highest BCUT2D eigenvalue weighted by Gasteiger charge is 2.65. The normalized spacial score (nSPS) is 37.1. The van der Waals surface area contributed by atoms with E-state index in [1.54, 1.807) is 37.3 Å². The number of nitrogens with zero attached hydrogens (tertiary/aromatic N) is 1. The first-order chi connectivity index (χ1) is 18.5. The molecular weight excluding hydrogens is 496 g/mol. The minimum Gasteiger partial charge on any atom is -0.479 e. The van der Waals surface area contributed by atoms with E-state index in [9.17, 15) is 24.6 Å². The number of aliphatic carboxylic acids is 1. The lowest BCUT2D eigenvalue weighted by Crippen LogP contribution is -2.57. The van der Waals surface area contributed by atoms with E-state index in [4.69, 9.17) is 4.84 Å². The second-order valence-corrected chi connectivity index (χ2v) is 12.5. The van der Waals surface area contributed by atoms with Crippen LogP contribution in [0.2, 0.25) is 0 Å². The van der Waals surface area contributed by atoms with Crippen molar-refractivity contribution in [3.8, 4) is 0 Å². The molecule has 0 heterocycles. The number of carboxylic acid groups (broad SMARTS) is 1. The number of ketones is 1. The van der Waals surface area contributed by atoms with Crippen molar-refractivity contribution in [3.05, 3.63) is 47.5 Å². The molecule has 3 N–H and O–H groups in total. The zero-order chi connectivity index (χ0) is 28.0. The molecule has 39 heavy (non-hydrogen) atoms. The first kappa shape index (κ1) is 27.6. The predicted octanol–water partition coefficient (Wildman–Crippen LogP) is 4.58. The summed E-state index contributed by atoms with van der Waals surface area (Å²) in [6, 6.07) is 7.40. The summed E-state index contributed by atoms with van der Waals surface area (Å²) in [5.74, 6) is -0.380. The van der Waals surface area contributed by atoms with E-state index in [1.807, 2.05) is 0 Å². The second-order valence-electron chi connectivity index (χ2n) is 12.5. The Kier molecular flexibility index (Phi) is 7.20. The van der Waals surface area contributed by atoms with Crippen LogP contribution in [0.3, 0.4) is 0 Å². The Labute approximate surface area is 229 Å². The van der Waals surface area contributed by atoms with Gasteiger partial charge in [-0.15, -0.1) is 0 Å². The van der Waals surface area contributed by atoms with Crippen LogP contribution in [0.15, 0.2) is 47.1 Å². The zero-order valence-electron chi connectivity index (χ0n) is 23.1. The lowest BCUT2D eigenvalue weighted by atomic mass is 9.46. The van der Waals surface area contributed by atoms with Crippen molar-refractivity contribution in [2.45, 2.75) is 83.8 Å². The number of carbonyl (C=O) groups excluding carboxylic acids is 2. The summed E-state index contributed by atoms with van der Waals surface area (Å²) in [5, 5.41) is 27.6. The first-order valence-electron chi connectivity index (χ1n) is 14.2. The Hall–Kier alpha value is -3.00. The number of allylic oxidation sites excluding steroid dienone is 2. The Balaban J connectivity index is 1.23. The minimum absolute atomic E-state index is 0.0575. The SMILES string of the molecule is CC(=O)[C@@]1(O)CC[C@H]2[C@@H]3CCC4=CC(=NOCC(=O)N[C@H](C(=O)O)c5ccccc5)CC[C@]4(C)[C@H]3CC[C@@]21C. The van der Waals surface area contributed by atoms with Gasteiger partial charge >= 0.3 is 5.97 Å². The summed E-state index contributed by atoms with van der Waals surface area (Å²) in [5.41, 5.74) is 1.19. The van der Waals surface area contributed by atoms with E-state index < -0.39 is 23.5 Å². The molecule has 8 heteroatoms. The van der Waals surface area contributed by atoms with Crippen LogP contribution in [0.5, 0.6) is 0 Å². The quantitative estimate of drug-likeness (QED) is 0.438. The summed E-state index contributed by atoms with van der Waals surface area (Å²) < 4.78 is 0. The summed E-state index contributed by atoms with van der Waals surface area (Å²) in [6.45, 7) is 5.70. The van der Waals surface area contributed by atoms with Gasteiger partial charge in [0.25, 0.3) is 5.91 Å². The number of carboxylic acids is 1. The molecule has 1 amide bonds. The van der Waals surface area contributed by atoms with Crippen LogP contribution < -0.4 is 5.32 Å². The predicted molar refractivity (Wildman–Crippen MR) is 146 cm³/mol. The van der Waals surface area contributed by atoms with Crippen molar-refractivity contribution in [2.75, 3.05) is 6.61 Å². The third-order valence-corrected chi connectivity index (χ3v) is 10.8. The molecular formula is C31H40N2O6. The average Bonchev–Trinajstić information content (AvgIpc) is 3.19. The van der Waals surface area contributed by atoms with Crippen molar-refractivity contribution in [1.82, 2.24) is 5.32 Å². The van der Waals surface area contributed by atoms with E-state index >= 15 is 0 Å². The molecule has 3 saturated carbocycles. The van der Waals surface area contributed by atoms with Gasteiger partial charge in [-0.2, -0.15) is 0 Å². The summed E-state index contributed by atoms with van der Waals surface area (Å²) in [6.07, 6.45) is 9.21. The smallest absolute Gasteiger partial charge is 0.330 e. The standard InChI is InChI=1S/C31H40N2O6/c1-19(34)31(38)16-13-25-23-10-9-21-17-22(11-14-29(21,2)24(23)12-15-30(25,31)3)33-39-18-26(35)32-27(28(36)37)20-7-5-4-6-8-20/h4-8,17,23-25,27,38H,9-16,18H2,1-3H3,(H,32,35)(H,36,37)/t23-,24+,25+,27+,29+,30+,31+/m1/s1. The fourth-order valence-electron chi connectivity index (χ4n) is 8.55. The number of Topliss-reactive ketones (excluding diaryl/α,β-unsaturated/α-hetero) is 1. The Morgan fingerprint density at radius 3 is 2.46 bits per heavy atom. The van der Waals surface area contributed by atoms with Gasteiger partial charge in [0, 0.05) is 5.41 Å². The maximum absolute atomic E-state index is 12.5. The number of rotatable bonds is 7. The van der Waals surface area contributed by atoms with Crippen LogP contribution in [0, 0.1) is 28.6 Å². The molecule has 210 valence electrons. The number of oxime groups is 1. The van der Waals surface area contributed by atoms with Gasteiger partial charge < -0.3 is 20.4 Å². The van der Waals surface area contributed by atoms with Crippen LogP contribution in [0.1, 0.15) is 83.7 Å². The number of hydrogen-bond acceptors (Lipinski definition) is 6. The highest BCUT2D eigenvalue weighted by molar-refractivity contribution is 5.96. The van der Waals surface area contributed by atoms with Gasteiger partial charge in [-0.1, -0.05) is 54.9 Å². The molecule has 0 spiro atoms. The van der Waals surface area contributed by atoms with Crippen molar-refractivity contribution in [2.24, 2.45) is 33.7 Å². The first-order valence-corrected chi connectivity index (χ1v) is 14.2. The second kappa shape index (κ2) is 10.2. The molecule has 5 rings (SSSR count). The van der Waals surface area contributed by atoms with Crippen LogP contribution in [-0.2, 0) is 19.2 Å². The molecule has 0 aromatic heterocycles.